The molecule has 130 valence electrons. The van der Waals surface area contributed by atoms with Crippen molar-refractivity contribution >= 4 is 28.8 Å². The van der Waals surface area contributed by atoms with Crippen LogP contribution in [0.15, 0.2) is 55.0 Å². The quantitative estimate of drug-likeness (QED) is 0.765. The van der Waals surface area contributed by atoms with Crippen LogP contribution in [0.2, 0.25) is 0 Å². The molecule has 0 saturated carbocycles. The molecular weight excluding hydrogens is 350 g/mol. The Labute approximate surface area is 153 Å². The maximum atomic E-state index is 12.6. The first-order valence-corrected chi connectivity index (χ1v) is 8.94. The molecule has 3 heterocycles. The number of nitrogens with zero attached hydrogens (tertiary/aromatic N) is 4. The van der Waals surface area contributed by atoms with Crippen molar-refractivity contribution in [2.24, 2.45) is 0 Å². The number of amides is 2. The van der Waals surface area contributed by atoms with E-state index in [9.17, 15) is 9.59 Å². The van der Waals surface area contributed by atoms with Crippen LogP contribution in [0, 0.1) is 0 Å². The second-order valence-electron chi connectivity index (χ2n) is 5.74. The zero-order chi connectivity index (χ0) is 17.9. The van der Waals surface area contributed by atoms with Crippen LogP contribution in [-0.4, -0.2) is 39.4 Å². The summed E-state index contributed by atoms with van der Waals surface area (Å²) in [5.41, 5.74) is 0.843. The zero-order valence-corrected chi connectivity index (χ0v) is 14.5. The number of benzene rings is 1. The number of aromatic nitrogens is 3. The van der Waals surface area contributed by atoms with Crippen molar-refractivity contribution < 1.29 is 9.59 Å². The van der Waals surface area contributed by atoms with Crippen molar-refractivity contribution in [3.63, 3.8) is 0 Å². The fourth-order valence-electron chi connectivity index (χ4n) is 2.80. The Bertz CT molecular complexity index is 929. The second-order valence-corrected chi connectivity index (χ2v) is 6.77. The van der Waals surface area contributed by atoms with Gasteiger partial charge in [0, 0.05) is 24.6 Å². The van der Waals surface area contributed by atoms with E-state index in [1.807, 2.05) is 30.3 Å². The maximum absolute atomic E-state index is 12.6. The van der Waals surface area contributed by atoms with Crippen LogP contribution in [-0.2, 0) is 4.79 Å². The molecule has 1 aromatic carbocycles. The average Bonchev–Trinajstić information content (AvgIpc) is 3.31. The fourth-order valence-corrected chi connectivity index (χ4v) is 3.57. The molecule has 2 aromatic heterocycles. The average molecular weight is 365 g/mol. The SMILES string of the molecule is O=C(NC1CCN(c2ccccc2)C1=O)c1cnc(-c2ncccn2)s1. The number of para-hydroxylation sites is 1. The van der Waals surface area contributed by atoms with E-state index in [1.54, 1.807) is 23.4 Å². The van der Waals surface area contributed by atoms with Crippen LogP contribution in [0.5, 0.6) is 0 Å². The van der Waals surface area contributed by atoms with E-state index in [2.05, 4.69) is 20.3 Å². The van der Waals surface area contributed by atoms with Gasteiger partial charge in [0.05, 0.1) is 6.20 Å². The van der Waals surface area contributed by atoms with Gasteiger partial charge in [0.1, 0.15) is 10.9 Å². The Kier molecular flexibility index (Phi) is 4.40. The first kappa shape index (κ1) is 16.3. The van der Waals surface area contributed by atoms with Crippen LogP contribution in [0.1, 0.15) is 16.1 Å². The van der Waals surface area contributed by atoms with Crippen molar-refractivity contribution in [3.05, 3.63) is 59.9 Å². The van der Waals surface area contributed by atoms with E-state index in [-0.39, 0.29) is 11.8 Å². The van der Waals surface area contributed by atoms with Gasteiger partial charge in [0.25, 0.3) is 5.91 Å². The number of hydrogen-bond donors (Lipinski definition) is 1. The summed E-state index contributed by atoms with van der Waals surface area (Å²) in [6, 6.07) is 10.6. The first-order valence-electron chi connectivity index (χ1n) is 8.13. The minimum atomic E-state index is -0.527. The van der Waals surface area contributed by atoms with Crippen molar-refractivity contribution in [2.75, 3.05) is 11.4 Å². The molecule has 1 saturated heterocycles. The molecule has 2 amide bonds. The molecule has 0 radical (unpaired) electrons. The monoisotopic (exact) mass is 365 g/mol. The topological polar surface area (TPSA) is 88.1 Å². The lowest BCUT2D eigenvalue weighted by molar-refractivity contribution is -0.118. The van der Waals surface area contributed by atoms with Gasteiger partial charge in [-0.05, 0) is 24.6 Å². The summed E-state index contributed by atoms with van der Waals surface area (Å²) in [5.74, 6) is 0.0716. The minimum absolute atomic E-state index is 0.0966. The fraction of sp³-hybridized carbons (Fsp3) is 0.167. The summed E-state index contributed by atoms with van der Waals surface area (Å²) in [7, 11) is 0. The van der Waals surface area contributed by atoms with Gasteiger partial charge in [0.2, 0.25) is 5.91 Å². The molecule has 0 bridgehead atoms. The van der Waals surface area contributed by atoms with Crippen LogP contribution in [0.25, 0.3) is 10.8 Å². The molecule has 1 aliphatic rings. The maximum Gasteiger partial charge on any atom is 0.263 e. The minimum Gasteiger partial charge on any atom is -0.339 e. The van der Waals surface area contributed by atoms with E-state index in [0.717, 1.165) is 5.69 Å². The van der Waals surface area contributed by atoms with Crippen molar-refractivity contribution in [3.8, 4) is 10.8 Å². The lowest BCUT2D eigenvalue weighted by atomic mass is 10.2. The molecule has 0 aliphatic carbocycles. The van der Waals surface area contributed by atoms with Crippen molar-refractivity contribution in [1.29, 1.82) is 0 Å². The van der Waals surface area contributed by atoms with Crippen LogP contribution < -0.4 is 10.2 Å². The smallest absolute Gasteiger partial charge is 0.263 e. The Morgan fingerprint density at radius 2 is 1.88 bits per heavy atom. The number of carbonyl (C=O) groups is 2. The predicted molar refractivity (Wildman–Crippen MR) is 97.8 cm³/mol. The number of anilines is 1. The van der Waals surface area contributed by atoms with Gasteiger partial charge < -0.3 is 10.2 Å². The van der Waals surface area contributed by atoms with Crippen LogP contribution in [0.3, 0.4) is 0 Å². The molecule has 1 unspecified atom stereocenters. The number of rotatable bonds is 4. The van der Waals surface area contributed by atoms with Gasteiger partial charge in [-0.3, -0.25) is 9.59 Å². The number of thiazole rings is 1. The first-order chi connectivity index (χ1) is 12.7. The van der Waals surface area contributed by atoms with E-state index in [0.29, 0.717) is 28.7 Å². The normalized spacial score (nSPS) is 16.7. The highest BCUT2D eigenvalue weighted by Gasteiger charge is 2.34. The highest BCUT2D eigenvalue weighted by molar-refractivity contribution is 7.16. The molecule has 1 atom stereocenters. The number of nitrogens with one attached hydrogen (secondary N) is 1. The van der Waals surface area contributed by atoms with Gasteiger partial charge in [-0.15, -0.1) is 11.3 Å². The third kappa shape index (κ3) is 3.18. The molecule has 0 spiro atoms. The summed E-state index contributed by atoms with van der Waals surface area (Å²) >= 11 is 1.20. The van der Waals surface area contributed by atoms with Gasteiger partial charge in [-0.1, -0.05) is 18.2 Å². The van der Waals surface area contributed by atoms with Gasteiger partial charge in [0.15, 0.2) is 10.8 Å². The molecule has 1 N–H and O–H groups in total. The lowest BCUT2D eigenvalue weighted by Crippen LogP contribution is -2.41. The highest BCUT2D eigenvalue weighted by atomic mass is 32.1. The lowest BCUT2D eigenvalue weighted by Gasteiger charge is -2.16. The zero-order valence-electron chi connectivity index (χ0n) is 13.7. The van der Waals surface area contributed by atoms with Crippen molar-refractivity contribution in [2.45, 2.75) is 12.5 Å². The molecule has 7 nitrogen and oxygen atoms in total. The van der Waals surface area contributed by atoms with E-state index in [4.69, 9.17) is 0 Å². The molecule has 8 heteroatoms. The van der Waals surface area contributed by atoms with Gasteiger partial charge in [-0.25, -0.2) is 15.0 Å². The van der Waals surface area contributed by atoms with Crippen molar-refractivity contribution in [1.82, 2.24) is 20.3 Å². The van der Waals surface area contributed by atoms with Crippen LogP contribution >= 0.6 is 11.3 Å². The van der Waals surface area contributed by atoms with Gasteiger partial charge in [-0.2, -0.15) is 0 Å². The Morgan fingerprint density at radius 1 is 1.12 bits per heavy atom. The van der Waals surface area contributed by atoms with E-state index < -0.39 is 6.04 Å². The predicted octanol–water partition coefficient (Wildman–Crippen LogP) is 2.14. The molecule has 4 rings (SSSR count). The number of hydrogen-bond acceptors (Lipinski definition) is 6. The molecule has 1 aliphatic heterocycles. The standard InChI is InChI=1S/C18H15N5O2S/c24-16(14-11-21-17(26-14)15-19-8-4-9-20-15)22-13-7-10-23(18(13)25)12-5-2-1-3-6-12/h1-6,8-9,11,13H,7,10H2,(H,22,24). The molecule has 26 heavy (non-hydrogen) atoms. The summed E-state index contributed by atoms with van der Waals surface area (Å²) in [5, 5.41) is 3.38. The van der Waals surface area contributed by atoms with Gasteiger partial charge >= 0.3 is 0 Å². The third-order valence-electron chi connectivity index (χ3n) is 4.07. The summed E-state index contributed by atoms with van der Waals surface area (Å²) < 4.78 is 0. The highest BCUT2D eigenvalue weighted by Crippen LogP contribution is 2.24. The summed E-state index contributed by atoms with van der Waals surface area (Å²) in [6.45, 7) is 0.583. The Morgan fingerprint density at radius 3 is 2.65 bits per heavy atom. The summed E-state index contributed by atoms with van der Waals surface area (Å²) in [4.78, 5) is 39.6. The Balaban J connectivity index is 1.44. The van der Waals surface area contributed by atoms with E-state index >= 15 is 0 Å². The molecular formula is C18H15N5O2S. The van der Waals surface area contributed by atoms with E-state index in [1.165, 1.54) is 17.5 Å². The largest absolute Gasteiger partial charge is 0.339 e. The van der Waals surface area contributed by atoms with Crippen LogP contribution in [0.4, 0.5) is 5.69 Å². The molecule has 1 fully saturated rings. The molecule has 3 aromatic rings. The number of carbonyl (C=O) groups excluding carboxylic acids is 2. The summed E-state index contributed by atoms with van der Waals surface area (Å²) in [6.07, 6.45) is 5.31. The second kappa shape index (κ2) is 7.01. The Hall–Kier alpha value is -3.13. The third-order valence-corrected chi connectivity index (χ3v) is 5.06.